The SMILES string of the molecule is O=C(O)Cc1cc(F)c(C(=O)O)c(F)c1F. The summed E-state index contributed by atoms with van der Waals surface area (Å²) < 4.78 is 39.1. The molecule has 0 aliphatic rings. The Morgan fingerprint density at radius 3 is 2.12 bits per heavy atom. The number of aliphatic carboxylic acids is 1. The van der Waals surface area contributed by atoms with Crippen LogP contribution in [0.5, 0.6) is 0 Å². The summed E-state index contributed by atoms with van der Waals surface area (Å²) in [6.07, 6.45) is -0.931. The van der Waals surface area contributed by atoms with Crippen molar-refractivity contribution in [2.45, 2.75) is 6.42 Å². The van der Waals surface area contributed by atoms with Crippen molar-refractivity contribution >= 4 is 11.9 Å². The number of carboxylic acid groups (broad SMARTS) is 2. The second-order valence-electron chi connectivity index (χ2n) is 2.90. The molecule has 0 amide bonds. The minimum absolute atomic E-state index is 0.357. The highest BCUT2D eigenvalue weighted by molar-refractivity contribution is 5.88. The van der Waals surface area contributed by atoms with Crippen LogP contribution in [0.1, 0.15) is 15.9 Å². The molecule has 0 saturated heterocycles. The number of halogens is 3. The first-order chi connectivity index (χ1) is 7.34. The summed E-state index contributed by atoms with van der Waals surface area (Å²) in [7, 11) is 0. The third-order valence-corrected chi connectivity index (χ3v) is 1.79. The Balaban J connectivity index is 3.39. The topological polar surface area (TPSA) is 74.6 Å². The van der Waals surface area contributed by atoms with Crippen LogP contribution in [-0.4, -0.2) is 22.2 Å². The van der Waals surface area contributed by atoms with Gasteiger partial charge in [0.05, 0.1) is 6.42 Å². The number of hydrogen-bond acceptors (Lipinski definition) is 2. The molecule has 1 aromatic rings. The van der Waals surface area contributed by atoms with Crippen molar-refractivity contribution in [3.8, 4) is 0 Å². The predicted molar refractivity (Wildman–Crippen MR) is 44.6 cm³/mol. The molecule has 7 heteroatoms. The molecular formula is C9H5F3O4. The summed E-state index contributed by atoms with van der Waals surface area (Å²) in [5.74, 6) is -8.52. The van der Waals surface area contributed by atoms with Gasteiger partial charge < -0.3 is 10.2 Å². The molecule has 0 radical (unpaired) electrons. The fourth-order valence-electron chi connectivity index (χ4n) is 1.13. The van der Waals surface area contributed by atoms with Gasteiger partial charge in [0.25, 0.3) is 0 Å². The van der Waals surface area contributed by atoms with Crippen LogP contribution in [0.15, 0.2) is 6.07 Å². The Labute approximate surface area is 86.9 Å². The van der Waals surface area contributed by atoms with E-state index in [1.165, 1.54) is 0 Å². The highest BCUT2D eigenvalue weighted by atomic mass is 19.2. The maximum absolute atomic E-state index is 13.1. The molecule has 2 N–H and O–H groups in total. The molecule has 4 nitrogen and oxygen atoms in total. The molecular weight excluding hydrogens is 229 g/mol. The maximum Gasteiger partial charge on any atom is 0.341 e. The summed E-state index contributed by atoms with van der Waals surface area (Å²) >= 11 is 0. The van der Waals surface area contributed by atoms with Crippen molar-refractivity contribution in [3.05, 3.63) is 34.6 Å². The minimum Gasteiger partial charge on any atom is -0.481 e. The van der Waals surface area contributed by atoms with Gasteiger partial charge in [0.1, 0.15) is 11.4 Å². The lowest BCUT2D eigenvalue weighted by molar-refractivity contribution is -0.136. The number of carbonyl (C=O) groups is 2. The highest BCUT2D eigenvalue weighted by Crippen LogP contribution is 2.20. The summed E-state index contributed by atoms with van der Waals surface area (Å²) in [6.45, 7) is 0. The quantitative estimate of drug-likeness (QED) is 0.776. The van der Waals surface area contributed by atoms with Crippen molar-refractivity contribution in [2.24, 2.45) is 0 Å². The molecule has 0 unspecified atom stereocenters. The summed E-state index contributed by atoms with van der Waals surface area (Å²) in [4.78, 5) is 20.6. The zero-order valence-electron chi connectivity index (χ0n) is 7.63. The molecule has 1 aromatic carbocycles. The van der Waals surface area contributed by atoms with E-state index in [4.69, 9.17) is 10.2 Å². The van der Waals surface area contributed by atoms with Gasteiger partial charge >= 0.3 is 11.9 Å². The van der Waals surface area contributed by atoms with E-state index in [2.05, 4.69) is 0 Å². The van der Waals surface area contributed by atoms with Crippen molar-refractivity contribution in [2.75, 3.05) is 0 Å². The maximum atomic E-state index is 13.1. The third-order valence-electron chi connectivity index (χ3n) is 1.79. The van der Waals surface area contributed by atoms with Crippen LogP contribution in [0, 0.1) is 17.5 Å². The van der Waals surface area contributed by atoms with E-state index < -0.39 is 46.9 Å². The van der Waals surface area contributed by atoms with E-state index in [0.29, 0.717) is 6.07 Å². The second kappa shape index (κ2) is 4.21. The molecule has 0 spiro atoms. The Morgan fingerprint density at radius 2 is 1.69 bits per heavy atom. The zero-order valence-corrected chi connectivity index (χ0v) is 7.63. The molecule has 16 heavy (non-hydrogen) atoms. The van der Waals surface area contributed by atoms with Gasteiger partial charge in [-0.15, -0.1) is 0 Å². The standard InChI is InChI=1S/C9H5F3O4/c10-4-1-3(2-5(13)14)7(11)8(12)6(4)9(15)16/h1H,2H2,(H,13,14)(H,15,16). The fraction of sp³-hybridized carbons (Fsp3) is 0.111. The Hall–Kier alpha value is -2.05. The van der Waals surface area contributed by atoms with Crippen LogP contribution in [0.25, 0.3) is 0 Å². The van der Waals surface area contributed by atoms with E-state index >= 15 is 0 Å². The van der Waals surface area contributed by atoms with E-state index in [9.17, 15) is 22.8 Å². The van der Waals surface area contributed by atoms with Gasteiger partial charge in [0, 0.05) is 5.56 Å². The molecule has 0 bridgehead atoms. The van der Waals surface area contributed by atoms with E-state index in [-0.39, 0.29) is 0 Å². The van der Waals surface area contributed by atoms with Crippen LogP contribution in [0.2, 0.25) is 0 Å². The van der Waals surface area contributed by atoms with Gasteiger partial charge in [0.15, 0.2) is 11.6 Å². The van der Waals surface area contributed by atoms with Crippen LogP contribution >= 0.6 is 0 Å². The molecule has 0 aromatic heterocycles. The summed E-state index contributed by atoms with van der Waals surface area (Å²) in [5.41, 5.74) is -2.18. The van der Waals surface area contributed by atoms with Crippen LogP contribution in [0.4, 0.5) is 13.2 Å². The van der Waals surface area contributed by atoms with Crippen LogP contribution in [0.3, 0.4) is 0 Å². The lowest BCUT2D eigenvalue weighted by Gasteiger charge is -2.05. The van der Waals surface area contributed by atoms with Crippen LogP contribution in [-0.2, 0) is 11.2 Å². The van der Waals surface area contributed by atoms with Crippen molar-refractivity contribution in [1.82, 2.24) is 0 Å². The van der Waals surface area contributed by atoms with Gasteiger partial charge in [-0.25, -0.2) is 18.0 Å². The zero-order chi connectivity index (χ0) is 12.5. The molecule has 0 aliphatic carbocycles. The van der Waals surface area contributed by atoms with Gasteiger partial charge in [0.2, 0.25) is 0 Å². The Morgan fingerprint density at radius 1 is 1.12 bits per heavy atom. The van der Waals surface area contributed by atoms with Gasteiger partial charge in [-0.05, 0) is 6.07 Å². The smallest absolute Gasteiger partial charge is 0.341 e. The first-order valence-corrected chi connectivity index (χ1v) is 3.96. The van der Waals surface area contributed by atoms with Gasteiger partial charge in [-0.3, -0.25) is 4.79 Å². The van der Waals surface area contributed by atoms with E-state index in [1.807, 2.05) is 0 Å². The third kappa shape index (κ3) is 2.13. The average molecular weight is 234 g/mol. The minimum atomic E-state index is -1.96. The lowest BCUT2D eigenvalue weighted by Crippen LogP contribution is -2.11. The molecule has 0 atom stereocenters. The Kier molecular flexibility index (Phi) is 3.17. The number of rotatable bonds is 3. The molecule has 1 rings (SSSR count). The molecule has 0 heterocycles. The molecule has 0 fully saturated rings. The fourth-order valence-corrected chi connectivity index (χ4v) is 1.13. The van der Waals surface area contributed by atoms with E-state index in [0.717, 1.165) is 0 Å². The van der Waals surface area contributed by atoms with E-state index in [1.54, 1.807) is 0 Å². The predicted octanol–water partition coefficient (Wildman–Crippen LogP) is 1.43. The number of hydrogen-bond donors (Lipinski definition) is 2. The number of aromatic carboxylic acids is 1. The first-order valence-electron chi connectivity index (χ1n) is 3.96. The monoisotopic (exact) mass is 234 g/mol. The number of carboxylic acids is 2. The van der Waals surface area contributed by atoms with Crippen molar-refractivity contribution < 1.29 is 33.0 Å². The number of benzene rings is 1. The largest absolute Gasteiger partial charge is 0.481 e. The lowest BCUT2D eigenvalue weighted by atomic mass is 10.1. The average Bonchev–Trinajstić information content (AvgIpc) is 2.12. The van der Waals surface area contributed by atoms with Crippen LogP contribution < -0.4 is 0 Å². The Bertz CT molecular complexity index is 470. The highest BCUT2D eigenvalue weighted by Gasteiger charge is 2.24. The molecule has 0 saturated carbocycles. The van der Waals surface area contributed by atoms with Gasteiger partial charge in [-0.2, -0.15) is 0 Å². The summed E-state index contributed by atoms with van der Waals surface area (Å²) in [5, 5.41) is 16.7. The van der Waals surface area contributed by atoms with Crippen molar-refractivity contribution in [1.29, 1.82) is 0 Å². The molecule has 86 valence electrons. The van der Waals surface area contributed by atoms with Crippen molar-refractivity contribution in [3.63, 3.8) is 0 Å². The van der Waals surface area contributed by atoms with Gasteiger partial charge in [-0.1, -0.05) is 0 Å². The normalized spacial score (nSPS) is 10.2. The molecule has 0 aliphatic heterocycles. The second-order valence-corrected chi connectivity index (χ2v) is 2.90. The summed E-state index contributed by atoms with van der Waals surface area (Å²) in [6, 6.07) is 0.357. The first kappa shape index (κ1) is 12.0.